The Labute approximate surface area is 180 Å². The smallest absolute Gasteiger partial charge is 0.354 e. The molecule has 0 aliphatic carbocycles. The van der Waals surface area contributed by atoms with E-state index < -0.39 is 12.0 Å². The number of hydrogen-bond acceptors (Lipinski definition) is 7. The summed E-state index contributed by atoms with van der Waals surface area (Å²) >= 11 is 6.43. The first-order valence-corrected chi connectivity index (χ1v) is 10.2. The number of nitrogens with one attached hydrogen (secondary N) is 2. The second kappa shape index (κ2) is 9.88. The van der Waals surface area contributed by atoms with Gasteiger partial charge >= 0.3 is 5.69 Å². The number of hydrogen-bond donors (Lipinski definition) is 2. The predicted octanol–water partition coefficient (Wildman–Crippen LogP) is 3.60. The largest absolute Gasteiger partial charge is 0.379 e. The SMILES string of the molecule is CCOC(CNc1cc(Cl)cc2c1c(NC)nc(=O)n2-c1cccnc1C)OCC. The highest BCUT2D eigenvalue weighted by molar-refractivity contribution is 6.32. The maximum Gasteiger partial charge on any atom is 0.354 e. The Hall–Kier alpha value is -2.68. The van der Waals surface area contributed by atoms with Crippen LogP contribution in [0.3, 0.4) is 0 Å². The lowest BCUT2D eigenvalue weighted by molar-refractivity contribution is -0.126. The molecule has 0 atom stereocenters. The monoisotopic (exact) mass is 431 g/mol. The first kappa shape index (κ1) is 22.0. The highest BCUT2D eigenvalue weighted by Crippen LogP contribution is 2.33. The van der Waals surface area contributed by atoms with Crippen LogP contribution in [0.2, 0.25) is 5.02 Å². The van der Waals surface area contributed by atoms with Crippen LogP contribution in [0.1, 0.15) is 19.5 Å². The van der Waals surface area contributed by atoms with E-state index >= 15 is 0 Å². The van der Waals surface area contributed by atoms with Crippen molar-refractivity contribution in [1.29, 1.82) is 0 Å². The molecule has 0 saturated heterocycles. The summed E-state index contributed by atoms with van der Waals surface area (Å²) < 4.78 is 12.8. The van der Waals surface area contributed by atoms with Crippen molar-refractivity contribution in [2.45, 2.75) is 27.1 Å². The highest BCUT2D eigenvalue weighted by Gasteiger charge is 2.18. The van der Waals surface area contributed by atoms with Gasteiger partial charge in [-0.2, -0.15) is 4.98 Å². The van der Waals surface area contributed by atoms with Gasteiger partial charge in [0.25, 0.3) is 0 Å². The van der Waals surface area contributed by atoms with Crippen molar-refractivity contribution < 1.29 is 9.47 Å². The molecule has 9 heteroatoms. The average molecular weight is 432 g/mol. The number of benzene rings is 1. The van der Waals surface area contributed by atoms with Crippen LogP contribution in [0, 0.1) is 6.92 Å². The number of halogens is 1. The van der Waals surface area contributed by atoms with Crippen molar-refractivity contribution in [3.05, 3.63) is 51.7 Å². The molecule has 0 radical (unpaired) electrons. The molecule has 0 aliphatic heterocycles. The Bertz CT molecular complexity index is 1080. The molecule has 3 rings (SSSR count). The number of anilines is 2. The van der Waals surface area contributed by atoms with E-state index in [-0.39, 0.29) is 0 Å². The molecule has 0 saturated carbocycles. The summed E-state index contributed by atoms with van der Waals surface area (Å²) in [6, 6.07) is 7.16. The summed E-state index contributed by atoms with van der Waals surface area (Å²) in [5.74, 6) is 0.455. The Morgan fingerprint density at radius 3 is 2.60 bits per heavy atom. The van der Waals surface area contributed by atoms with Gasteiger partial charge in [-0.25, -0.2) is 4.79 Å². The molecule has 8 nitrogen and oxygen atoms in total. The van der Waals surface area contributed by atoms with E-state index in [0.29, 0.717) is 53.2 Å². The lowest BCUT2D eigenvalue weighted by atomic mass is 10.1. The first-order valence-electron chi connectivity index (χ1n) is 9.83. The maximum atomic E-state index is 12.9. The topological polar surface area (TPSA) is 90.3 Å². The van der Waals surface area contributed by atoms with Gasteiger partial charge in [0.1, 0.15) is 5.82 Å². The van der Waals surface area contributed by atoms with Gasteiger partial charge < -0.3 is 20.1 Å². The molecule has 2 heterocycles. The molecule has 0 fully saturated rings. The van der Waals surface area contributed by atoms with E-state index in [1.165, 1.54) is 4.57 Å². The molecule has 0 unspecified atom stereocenters. The zero-order chi connectivity index (χ0) is 21.7. The molecule has 0 spiro atoms. The fourth-order valence-corrected chi connectivity index (χ4v) is 3.53. The van der Waals surface area contributed by atoms with Gasteiger partial charge in [-0.05, 0) is 45.0 Å². The van der Waals surface area contributed by atoms with E-state index in [9.17, 15) is 4.79 Å². The van der Waals surface area contributed by atoms with E-state index in [1.54, 1.807) is 31.4 Å². The quantitative estimate of drug-likeness (QED) is 0.500. The van der Waals surface area contributed by atoms with Crippen molar-refractivity contribution in [3.63, 3.8) is 0 Å². The zero-order valence-corrected chi connectivity index (χ0v) is 18.3. The van der Waals surface area contributed by atoms with Gasteiger partial charge in [-0.15, -0.1) is 0 Å². The predicted molar refractivity (Wildman–Crippen MR) is 120 cm³/mol. The lowest BCUT2D eigenvalue weighted by Crippen LogP contribution is -2.27. The molecular formula is C21H26ClN5O3. The van der Waals surface area contributed by atoms with Crippen LogP contribution in [-0.2, 0) is 9.47 Å². The molecule has 3 aromatic rings. The number of aromatic nitrogens is 3. The van der Waals surface area contributed by atoms with Gasteiger partial charge in [0.05, 0.1) is 28.8 Å². The van der Waals surface area contributed by atoms with Gasteiger partial charge in [0, 0.05) is 37.2 Å². The molecule has 1 aromatic carbocycles. The van der Waals surface area contributed by atoms with Crippen molar-refractivity contribution >= 4 is 34.0 Å². The molecule has 2 N–H and O–H groups in total. The summed E-state index contributed by atoms with van der Waals surface area (Å²) in [6.07, 6.45) is 1.27. The normalized spacial score (nSPS) is 11.3. The van der Waals surface area contributed by atoms with Gasteiger partial charge in [0.15, 0.2) is 6.29 Å². The Kier molecular flexibility index (Phi) is 7.25. The third kappa shape index (κ3) is 4.56. The van der Waals surface area contributed by atoms with Crippen molar-refractivity contribution in [2.75, 3.05) is 37.4 Å². The summed E-state index contributed by atoms with van der Waals surface area (Å²) in [7, 11) is 1.72. The number of nitrogens with zero attached hydrogens (tertiary/aromatic N) is 3. The Morgan fingerprint density at radius 2 is 1.97 bits per heavy atom. The Balaban J connectivity index is 2.19. The Morgan fingerprint density at radius 1 is 1.23 bits per heavy atom. The van der Waals surface area contributed by atoms with Crippen LogP contribution in [0.4, 0.5) is 11.5 Å². The van der Waals surface area contributed by atoms with Crippen molar-refractivity contribution in [2.24, 2.45) is 0 Å². The minimum absolute atomic E-state index is 0.408. The zero-order valence-electron chi connectivity index (χ0n) is 17.5. The van der Waals surface area contributed by atoms with E-state index in [2.05, 4.69) is 20.6 Å². The van der Waals surface area contributed by atoms with Crippen LogP contribution < -0.4 is 16.3 Å². The molecule has 0 amide bonds. The molecule has 0 bridgehead atoms. The van der Waals surface area contributed by atoms with E-state index in [4.69, 9.17) is 21.1 Å². The summed E-state index contributed by atoms with van der Waals surface area (Å²) in [6.45, 7) is 7.15. The number of rotatable bonds is 9. The molecule has 0 aliphatic rings. The highest BCUT2D eigenvalue weighted by atomic mass is 35.5. The van der Waals surface area contributed by atoms with Crippen LogP contribution in [0.25, 0.3) is 16.6 Å². The standard InChI is InChI=1S/C21H26ClN5O3/c1-5-29-18(30-6-2)12-25-15-10-14(22)11-17-19(15)20(23-4)26-21(28)27(17)16-8-7-9-24-13(16)3/h7-11,18,25H,5-6,12H2,1-4H3,(H,23,26,28). The van der Waals surface area contributed by atoms with E-state index in [0.717, 1.165) is 5.39 Å². The van der Waals surface area contributed by atoms with E-state index in [1.807, 2.05) is 26.8 Å². The number of ether oxygens (including phenoxy) is 2. The van der Waals surface area contributed by atoms with Gasteiger partial charge in [0.2, 0.25) is 0 Å². The fourth-order valence-electron chi connectivity index (χ4n) is 3.32. The molecule has 2 aromatic heterocycles. The van der Waals surface area contributed by atoms with Crippen LogP contribution in [0.15, 0.2) is 35.3 Å². The third-order valence-corrected chi connectivity index (χ3v) is 4.80. The number of aryl methyl sites for hydroxylation is 1. The van der Waals surface area contributed by atoms with Crippen LogP contribution in [0.5, 0.6) is 0 Å². The van der Waals surface area contributed by atoms with Crippen molar-refractivity contribution in [3.8, 4) is 5.69 Å². The average Bonchev–Trinajstić information content (AvgIpc) is 2.72. The molecule has 160 valence electrons. The molecule has 30 heavy (non-hydrogen) atoms. The van der Waals surface area contributed by atoms with Gasteiger partial charge in [-0.3, -0.25) is 9.55 Å². The summed E-state index contributed by atoms with van der Waals surface area (Å²) in [4.78, 5) is 21.5. The minimum atomic E-state index is -0.419. The first-order chi connectivity index (χ1) is 14.5. The summed E-state index contributed by atoms with van der Waals surface area (Å²) in [5, 5.41) is 7.57. The second-order valence-corrected chi connectivity index (χ2v) is 6.94. The summed E-state index contributed by atoms with van der Waals surface area (Å²) in [5.41, 5.74) is 2.28. The van der Waals surface area contributed by atoms with Crippen molar-refractivity contribution in [1.82, 2.24) is 14.5 Å². The third-order valence-electron chi connectivity index (χ3n) is 4.58. The van der Waals surface area contributed by atoms with Crippen LogP contribution >= 0.6 is 11.6 Å². The fraction of sp³-hybridized carbons (Fsp3) is 0.381. The van der Waals surface area contributed by atoms with Crippen LogP contribution in [-0.4, -0.2) is 47.6 Å². The molecular weight excluding hydrogens is 406 g/mol. The number of pyridine rings is 1. The second-order valence-electron chi connectivity index (χ2n) is 6.50. The maximum absolute atomic E-state index is 12.9. The minimum Gasteiger partial charge on any atom is -0.379 e. The number of fused-ring (bicyclic) bond motifs is 1. The van der Waals surface area contributed by atoms with Gasteiger partial charge in [-0.1, -0.05) is 11.6 Å². The lowest BCUT2D eigenvalue weighted by Gasteiger charge is -2.21.